The van der Waals surface area contributed by atoms with Gasteiger partial charge in [0.25, 0.3) is 0 Å². The number of carbonyl (C=O) groups is 1. The molecule has 2 N–H and O–H groups in total. The summed E-state index contributed by atoms with van der Waals surface area (Å²) in [6, 6.07) is 10.6. The number of nitrogens with zero attached hydrogens (tertiary/aromatic N) is 1. The number of alkyl carbamates (subject to hydrolysis) is 1. The number of hydrogen-bond donors (Lipinski definition) is 2. The lowest BCUT2D eigenvalue weighted by Crippen LogP contribution is -2.50. The minimum Gasteiger partial charge on any atom is -0.444 e. The van der Waals surface area contributed by atoms with Crippen LogP contribution in [0.5, 0.6) is 0 Å². The zero-order valence-corrected chi connectivity index (χ0v) is 21.3. The Morgan fingerprint density at radius 1 is 1.06 bits per heavy atom. The fourth-order valence-corrected chi connectivity index (χ4v) is 4.44. The molecule has 35 heavy (non-hydrogen) atoms. The quantitative estimate of drug-likeness (QED) is 0.641. The van der Waals surface area contributed by atoms with E-state index in [1.54, 1.807) is 6.26 Å². The van der Waals surface area contributed by atoms with Gasteiger partial charge in [0, 0.05) is 31.1 Å². The summed E-state index contributed by atoms with van der Waals surface area (Å²) in [6.07, 6.45) is 2.05. The molecule has 1 amide bonds. The molecule has 3 atom stereocenters. The number of fused-ring (bicyclic) bond motifs is 1. The molecule has 0 saturated carbocycles. The number of anilines is 1. The predicted molar refractivity (Wildman–Crippen MR) is 132 cm³/mol. The monoisotopic (exact) mass is 509 g/mol. The van der Waals surface area contributed by atoms with Crippen molar-refractivity contribution in [3.05, 3.63) is 65.2 Å². The lowest BCUT2D eigenvalue weighted by molar-refractivity contribution is -0.00782. The Balaban J connectivity index is 0.000000363. The molecule has 0 spiro atoms. The van der Waals surface area contributed by atoms with Crippen molar-refractivity contribution in [2.24, 2.45) is 0 Å². The molecule has 0 radical (unpaired) electrons. The van der Waals surface area contributed by atoms with Gasteiger partial charge in [0.05, 0.1) is 19.3 Å². The highest BCUT2D eigenvalue weighted by atomic mass is 32.2. The smallest absolute Gasteiger partial charge is 0.407 e. The van der Waals surface area contributed by atoms with Crippen molar-refractivity contribution in [1.29, 1.82) is 0 Å². The van der Waals surface area contributed by atoms with E-state index in [2.05, 4.69) is 27.1 Å². The molecule has 0 aliphatic carbocycles. The van der Waals surface area contributed by atoms with E-state index in [1.165, 1.54) is 11.1 Å². The second kappa shape index (κ2) is 11.9. The highest BCUT2D eigenvalue weighted by Crippen LogP contribution is 2.29. The number of carbonyl (C=O) groups excluding carboxylic acids is 1. The maximum atomic E-state index is 12.0. The average molecular weight is 510 g/mol. The van der Waals surface area contributed by atoms with Gasteiger partial charge in [0.1, 0.15) is 28.2 Å². The lowest BCUT2D eigenvalue weighted by atomic mass is 10.0. The standard InChI is InChI=1S/C19H29N3O4S.C6H4F2/c1-19(2,3)26-18(23)20-16-8-17(12-25-11-16)22-9-13-5-6-15(21-27(4)24)7-14(13)10-22;7-5-1-2-6(8)4-3-5/h5-7,16-17,21H,8-12H2,1-4H3,(H,20,23);1-4H. The van der Waals surface area contributed by atoms with Gasteiger partial charge in [0.15, 0.2) is 0 Å². The fourth-order valence-electron chi connectivity index (χ4n) is 3.98. The maximum absolute atomic E-state index is 12.0. The summed E-state index contributed by atoms with van der Waals surface area (Å²) in [5.74, 6) is -0.821. The van der Waals surface area contributed by atoms with Gasteiger partial charge in [-0.1, -0.05) is 6.07 Å². The number of halogens is 2. The average Bonchev–Trinajstić information content (AvgIpc) is 3.18. The van der Waals surface area contributed by atoms with E-state index in [0.717, 1.165) is 49.5 Å². The van der Waals surface area contributed by atoms with Crippen LogP contribution in [0.15, 0.2) is 42.5 Å². The van der Waals surface area contributed by atoms with Crippen molar-refractivity contribution in [2.45, 2.75) is 58.0 Å². The number of ether oxygens (including phenoxy) is 2. The minimum absolute atomic E-state index is 0.0537. The van der Waals surface area contributed by atoms with Crippen LogP contribution < -0.4 is 10.0 Å². The summed E-state index contributed by atoms with van der Waals surface area (Å²) < 4.78 is 49.2. The molecular formula is C25H33F2N3O4S. The van der Waals surface area contributed by atoms with Crippen LogP contribution in [-0.4, -0.2) is 52.4 Å². The van der Waals surface area contributed by atoms with Gasteiger partial charge in [-0.2, -0.15) is 0 Å². The molecule has 192 valence electrons. The van der Waals surface area contributed by atoms with Crippen LogP contribution in [0.4, 0.5) is 19.3 Å². The van der Waals surface area contributed by atoms with E-state index < -0.39 is 34.3 Å². The minimum atomic E-state index is -1.08. The number of hydrogen-bond acceptors (Lipinski definition) is 5. The maximum Gasteiger partial charge on any atom is 0.407 e. The molecular weight excluding hydrogens is 476 g/mol. The summed E-state index contributed by atoms with van der Waals surface area (Å²) in [5, 5.41) is 2.92. The summed E-state index contributed by atoms with van der Waals surface area (Å²) >= 11 is 0. The van der Waals surface area contributed by atoms with Crippen LogP contribution in [0.3, 0.4) is 0 Å². The van der Waals surface area contributed by atoms with E-state index in [1.807, 2.05) is 26.8 Å². The molecule has 0 bridgehead atoms. The number of benzene rings is 2. The van der Waals surface area contributed by atoms with Gasteiger partial charge in [-0.15, -0.1) is 0 Å². The van der Waals surface area contributed by atoms with E-state index in [0.29, 0.717) is 13.2 Å². The molecule has 3 unspecified atom stereocenters. The van der Waals surface area contributed by atoms with Crippen LogP contribution in [0.2, 0.25) is 0 Å². The zero-order chi connectivity index (χ0) is 25.6. The third kappa shape index (κ3) is 8.87. The first kappa shape index (κ1) is 27.0. The van der Waals surface area contributed by atoms with E-state index >= 15 is 0 Å². The van der Waals surface area contributed by atoms with Crippen LogP contribution in [0, 0.1) is 11.6 Å². The first-order chi connectivity index (χ1) is 16.5. The molecule has 1 saturated heterocycles. The Labute approximate surface area is 207 Å². The van der Waals surface area contributed by atoms with Crippen LogP contribution in [-0.2, 0) is 33.5 Å². The fraction of sp³-hybridized carbons (Fsp3) is 0.480. The molecule has 1 fully saturated rings. The summed E-state index contributed by atoms with van der Waals surface area (Å²) in [5.41, 5.74) is 2.89. The number of rotatable bonds is 4. The van der Waals surface area contributed by atoms with Gasteiger partial charge in [-0.25, -0.2) is 17.8 Å². The van der Waals surface area contributed by atoms with Crippen molar-refractivity contribution < 1.29 is 27.3 Å². The number of nitrogens with one attached hydrogen (secondary N) is 2. The Morgan fingerprint density at radius 2 is 1.69 bits per heavy atom. The van der Waals surface area contributed by atoms with Gasteiger partial charge in [0.2, 0.25) is 0 Å². The van der Waals surface area contributed by atoms with E-state index in [9.17, 15) is 17.8 Å². The van der Waals surface area contributed by atoms with Crippen molar-refractivity contribution in [2.75, 3.05) is 24.2 Å². The Morgan fingerprint density at radius 3 is 2.29 bits per heavy atom. The van der Waals surface area contributed by atoms with Crippen LogP contribution in [0.1, 0.15) is 38.3 Å². The molecule has 2 aliphatic heterocycles. The lowest BCUT2D eigenvalue weighted by Gasteiger charge is -2.35. The largest absolute Gasteiger partial charge is 0.444 e. The number of amides is 1. The van der Waals surface area contributed by atoms with Gasteiger partial charge in [-0.3, -0.25) is 4.90 Å². The second-order valence-electron chi connectivity index (χ2n) is 9.65. The van der Waals surface area contributed by atoms with Gasteiger partial charge in [-0.05, 0) is 74.7 Å². The SMILES string of the molecule is CS(=O)Nc1ccc2c(c1)CN(C1COCC(NC(=O)OC(C)(C)C)C1)C2.Fc1ccc(F)cc1. The molecule has 10 heteroatoms. The van der Waals surface area contributed by atoms with Gasteiger partial charge < -0.3 is 19.5 Å². The Bertz CT molecular complexity index is 1010. The molecule has 2 aromatic carbocycles. The molecule has 2 aromatic rings. The topological polar surface area (TPSA) is 79.9 Å². The highest BCUT2D eigenvalue weighted by molar-refractivity contribution is 7.85. The normalized spacial score (nSPS) is 20.7. The third-order valence-electron chi connectivity index (χ3n) is 5.44. The summed E-state index contributed by atoms with van der Waals surface area (Å²) in [7, 11) is -1.08. The molecule has 2 aliphatic rings. The third-order valence-corrected chi connectivity index (χ3v) is 5.96. The Hall–Kier alpha value is -2.56. The van der Waals surface area contributed by atoms with Gasteiger partial charge >= 0.3 is 6.09 Å². The van der Waals surface area contributed by atoms with Crippen molar-refractivity contribution in [3.8, 4) is 0 Å². The van der Waals surface area contributed by atoms with Crippen LogP contribution >= 0.6 is 0 Å². The van der Waals surface area contributed by atoms with Crippen molar-refractivity contribution in [3.63, 3.8) is 0 Å². The van der Waals surface area contributed by atoms with Crippen LogP contribution in [0.25, 0.3) is 0 Å². The second-order valence-corrected chi connectivity index (χ2v) is 10.8. The van der Waals surface area contributed by atoms with Crippen molar-refractivity contribution >= 4 is 22.8 Å². The summed E-state index contributed by atoms with van der Waals surface area (Å²) in [6.45, 7) is 8.41. The molecule has 7 nitrogen and oxygen atoms in total. The molecule has 4 rings (SSSR count). The van der Waals surface area contributed by atoms with E-state index in [-0.39, 0.29) is 12.1 Å². The molecule has 2 heterocycles. The first-order valence-corrected chi connectivity index (χ1v) is 13.0. The molecule has 0 aromatic heterocycles. The zero-order valence-electron chi connectivity index (χ0n) is 20.5. The predicted octanol–water partition coefficient (Wildman–Crippen LogP) is 4.35. The Kier molecular flexibility index (Phi) is 9.21. The first-order valence-electron chi connectivity index (χ1n) is 11.4. The van der Waals surface area contributed by atoms with E-state index in [4.69, 9.17) is 9.47 Å². The summed E-state index contributed by atoms with van der Waals surface area (Å²) in [4.78, 5) is 14.4. The highest BCUT2D eigenvalue weighted by Gasteiger charge is 2.32. The van der Waals surface area contributed by atoms with Crippen molar-refractivity contribution in [1.82, 2.24) is 10.2 Å².